The van der Waals surface area contributed by atoms with Gasteiger partial charge in [0.1, 0.15) is 11.4 Å². The Hall–Kier alpha value is -3.85. The fourth-order valence-corrected chi connectivity index (χ4v) is 3.91. The third-order valence-electron chi connectivity index (χ3n) is 5.65. The highest BCUT2D eigenvalue weighted by molar-refractivity contribution is 5.56. The van der Waals surface area contributed by atoms with E-state index in [0.29, 0.717) is 36.3 Å². The highest BCUT2D eigenvalue weighted by atomic mass is 16.5. The van der Waals surface area contributed by atoms with Crippen molar-refractivity contribution in [2.45, 2.75) is 19.4 Å². The molecule has 0 spiro atoms. The van der Waals surface area contributed by atoms with Crippen LogP contribution in [0.5, 0.6) is 5.75 Å². The van der Waals surface area contributed by atoms with E-state index in [-0.39, 0.29) is 5.43 Å². The number of rotatable bonds is 7. The minimum Gasteiger partial charge on any atom is -0.491 e. The maximum atomic E-state index is 12.5. The number of hydrogen-bond donors (Lipinski definition) is 0. The van der Waals surface area contributed by atoms with Crippen LogP contribution < -0.4 is 10.2 Å². The van der Waals surface area contributed by atoms with Crippen molar-refractivity contribution >= 4 is 0 Å². The Bertz CT molecular complexity index is 1310. The van der Waals surface area contributed by atoms with E-state index in [2.05, 4.69) is 32.1 Å². The van der Waals surface area contributed by atoms with Crippen molar-refractivity contribution in [2.75, 3.05) is 26.7 Å². The predicted molar refractivity (Wildman–Crippen MR) is 124 cm³/mol. The van der Waals surface area contributed by atoms with Crippen LogP contribution in [0.15, 0.2) is 66.1 Å². The lowest BCUT2D eigenvalue weighted by Gasteiger charge is -2.35. The molecule has 4 aromatic rings. The van der Waals surface area contributed by atoms with Crippen LogP contribution in [-0.4, -0.2) is 61.2 Å². The average molecular weight is 444 g/mol. The monoisotopic (exact) mass is 443 g/mol. The van der Waals surface area contributed by atoms with E-state index in [4.69, 9.17) is 4.74 Å². The molecule has 33 heavy (non-hydrogen) atoms. The lowest BCUT2D eigenvalue weighted by atomic mass is 10.1. The van der Waals surface area contributed by atoms with E-state index in [1.165, 1.54) is 0 Å². The average Bonchev–Trinajstić information content (AvgIpc) is 3.29. The van der Waals surface area contributed by atoms with E-state index in [0.717, 1.165) is 29.9 Å². The quantitative estimate of drug-likeness (QED) is 0.433. The molecule has 0 aliphatic carbocycles. The van der Waals surface area contributed by atoms with Crippen molar-refractivity contribution < 1.29 is 4.74 Å². The van der Waals surface area contributed by atoms with Gasteiger partial charge in [-0.25, -0.2) is 14.6 Å². The smallest absolute Gasteiger partial charge is 0.203 e. The van der Waals surface area contributed by atoms with Crippen LogP contribution in [0.2, 0.25) is 0 Å². The van der Waals surface area contributed by atoms with E-state index in [1.807, 2.05) is 42.1 Å². The molecule has 0 radical (unpaired) electrons. The number of aromatic nitrogens is 6. The summed E-state index contributed by atoms with van der Waals surface area (Å²) in [5.74, 6) is 1.24. The highest BCUT2D eigenvalue weighted by Gasteiger charge is 2.25. The Morgan fingerprint density at radius 1 is 1.12 bits per heavy atom. The molecule has 0 bridgehead atoms. The molecule has 5 rings (SSSR count). The van der Waals surface area contributed by atoms with Crippen molar-refractivity contribution in [3.05, 3.63) is 82.8 Å². The molecule has 0 amide bonds. The Labute approximate surface area is 191 Å². The Kier molecular flexibility index (Phi) is 5.70. The Morgan fingerprint density at radius 3 is 2.70 bits per heavy atom. The normalized spacial score (nSPS) is 14.2. The standard InChI is InChI=1S/C24H25N7O2/c1-3-33-21-12-25-24(26-13-21)18-6-4-5-17(9-18)10-22-23(32)7-8-30(28-22)19-11-27-31(16-19)20-14-29(2)15-20/h4-9,11-13,16,20H,3,10,14-15H2,1-2H3. The highest BCUT2D eigenvalue weighted by Crippen LogP contribution is 2.20. The summed E-state index contributed by atoms with van der Waals surface area (Å²) in [4.78, 5) is 23.5. The van der Waals surface area contributed by atoms with Gasteiger partial charge in [-0.2, -0.15) is 10.2 Å². The van der Waals surface area contributed by atoms with Crippen molar-refractivity contribution in [3.8, 4) is 22.8 Å². The number of likely N-dealkylation sites (tertiary alicyclic amines) is 1. The van der Waals surface area contributed by atoms with Gasteiger partial charge in [-0.1, -0.05) is 18.2 Å². The fourth-order valence-electron chi connectivity index (χ4n) is 3.91. The summed E-state index contributed by atoms with van der Waals surface area (Å²) in [5, 5.41) is 9.07. The first-order valence-corrected chi connectivity index (χ1v) is 10.9. The van der Waals surface area contributed by atoms with Gasteiger partial charge in [0, 0.05) is 37.3 Å². The van der Waals surface area contributed by atoms with Crippen LogP contribution in [0.4, 0.5) is 0 Å². The zero-order chi connectivity index (χ0) is 22.8. The van der Waals surface area contributed by atoms with Crippen LogP contribution in [0, 0.1) is 0 Å². The van der Waals surface area contributed by atoms with Crippen molar-refractivity contribution in [1.29, 1.82) is 0 Å². The van der Waals surface area contributed by atoms with Crippen molar-refractivity contribution in [2.24, 2.45) is 0 Å². The summed E-state index contributed by atoms with van der Waals surface area (Å²) < 4.78 is 9.09. The summed E-state index contributed by atoms with van der Waals surface area (Å²) >= 11 is 0. The van der Waals surface area contributed by atoms with Gasteiger partial charge in [0.2, 0.25) is 5.43 Å². The molecule has 1 saturated heterocycles. The van der Waals surface area contributed by atoms with E-state index in [1.54, 1.807) is 35.5 Å². The molecule has 1 aromatic carbocycles. The summed E-state index contributed by atoms with van der Waals surface area (Å²) in [6.07, 6.45) is 9.18. The molecule has 0 N–H and O–H groups in total. The topological polar surface area (TPSA) is 91.0 Å². The Balaban J connectivity index is 1.36. The SMILES string of the molecule is CCOc1cnc(-c2cccc(Cc3nn(-c4cnn(C5CN(C)C5)c4)ccc3=O)c2)nc1. The van der Waals surface area contributed by atoms with E-state index in [9.17, 15) is 4.79 Å². The summed E-state index contributed by atoms with van der Waals surface area (Å²) in [6, 6.07) is 9.78. The fraction of sp³-hybridized carbons (Fsp3) is 0.292. The molecule has 4 heterocycles. The zero-order valence-electron chi connectivity index (χ0n) is 18.6. The van der Waals surface area contributed by atoms with E-state index >= 15 is 0 Å². The lowest BCUT2D eigenvalue weighted by Crippen LogP contribution is -2.45. The van der Waals surface area contributed by atoms with Gasteiger partial charge < -0.3 is 9.64 Å². The molecular formula is C24H25N7O2. The van der Waals surface area contributed by atoms with Gasteiger partial charge in [-0.15, -0.1) is 0 Å². The molecule has 0 atom stereocenters. The molecule has 9 heteroatoms. The molecule has 1 fully saturated rings. The maximum Gasteiger partial charge on any atom is 0.203 e. The second-order valence-corrected chi connectivity index (χ2v) is 8.18. The van der Waals surface area contributed by atoms with Crippen LogP contribution in [0.1, 0.15) is 24.2 Å². The number of nitrogens with zero attached hydrogens (tertiary/aromatic N) is 7. The summed E-state index contributed by atoms with van der Waals surface area (Å²) in [5.41, 5.74) is 3.04. The lowest BCUT2D eigenvalue weighted by molar-refractivity contribution is 0.130. The molecular weight excluding hydrogens is 418 g/mol. The van der Waals surface area contributed by atoms with Gasteiger partial charge in [-0.3, -0.25) is 9.48 Å². The number of benzene rings is 1. The van der Waals surface area contributed by atoms with Gasteiger partial charge >= 0.3 is 0 Å². The van der Waals surface area contributed by atoms with Gasteiger partial charge in [0.05, 0.1) is 37.4 Å². The minimum atomic E-state index is -0.0954. The van der Waals surface area contributed by atoms with Gasteiger partial charge in [-0.05, 0) is 25.6 Å². The van der Waals surface area contributed by atoms with Gasteiger partial charge in [0.15, 0.2) is 11.6 Å². The summed E-state index contributed by atoms with van der Waals surface area (Å²) in [6.45, 7) is 4.46. The molecule has 1 aliphatic rings. The van der Waals surface area contributed by atoms with Crippen LogP contribution in [0.25, 0.3) is 17.1 Å². The first-order chi connectivity index (χ1) is 16.1. The minimum absolute atomic E-state index is 0.0954. The third-order valence-corrected chi connectivity index (χ3v) is 5.65. The van der Waals surface area contributed by atoms with Crippen LogP contribution >= 0.6 is 0 Å². The zero-order valence-corrected chi connectivity index (χ0v) is 18.6. The number of likely N-dealkylation sites (N-methyl/N-ethyl adjacent to an activating group) is 1. The first-order valence-electron chi connectivity index (χ1n) is 10.9. The number of ether oxygens (including phenoxy) is 1. The maximum absolute atomic E-state index is 12.5. The molecule has 1 aliphatic heterocycles. The second kappa shape index (κ2) is 8.95. The first kappa shape index (κ1) is 21.0. The van der Waals surface area contributed by atoms with Gasteiger partial charge in [0.25, 0.3) is 0 Å². The molecule has 0 unspecified atom stereocenters. The van der Waals surface area contributed by atoms with Crippen molar-refractivity contribution in [3.63, 3.8) is 0 Å². The molecule has 0 saturated carbocycles. The molecule has 3 aromatic heterocycles. The molecule has 9 nitrogen and oxygen atoms in total. The Morgan fingerprint density at radius 2 is 1.94 bits per heavy atom. The predicted octanol–water partition coefficient (Wildman–Crippen LogP) is 2.36. The summed E-state index contributed by atoms with van der Waals surface area (Å²) in [7, 11) is 2.09. The second-order valence-electron chi connectivity index (χ2n) is 8.18. The van der Waals surface area contributed by atoms with E-state index < -0.39 is 0 Å². The number of hydrogen-bond acceptors (Lipinski definition) is 7. The van der Waals surface area contributed by atoms with Crippen LogP contribution in [0.3, 0.4) is 0 Å². The van der Waals surface area contributed by atoms with Crippen LogP contribution in [-0.2, 0) is 6.42 Å². The third kappa shape index (κ3) is 4.54. The molecule has 168 valence electrons. The largest absolute Gasteiger partial charge is 0.491 e. The van der Waals surface area contributed by atoms with Crippen molar-refractivity contribution in [1.82, 2.24) is 34.4 Å².